The second kappa shape index (κ2) is 7.67. The van der Waals surface area contributed by atoms with Gasteiger partial charge in [0.1, 0.15) is 10.4 Å². The molecule has 0 atom stereocenters. The number of β-amino-alcohol motifs (C(OH)–C–C–N with tert-alkyl or cyclic N) is 1. The van der Waals surface area contributed by atoms with E-state index in [1.54, 1.807) is 4.57 Å². The Kier molecular flexibility index (Phi) is 5.21. The van der Waals surface area contributed by atoms with E-state index in [4.69, 9.17) is 10.8 Å². The Balaban J connectivity index is 1.78. The molecule has 29 heavy (non-hydrogen) atoms. The molecule has 1 aliphatic heterocycles. The molecular weight excluding hydrogens is 400 g/mol. The van der Waals surface area contributed by atoms with Gasteiger partial charge in [0.05, 0.1) is 18.3 Å². The van der Waals surface area contributed by atoms with Gasteiger partial charge in [0.2, 0.25) is 10.0 Å². The van der Waals surface area contributed by atoms with E-state index in [2.05, 4.69) is 24.9 Å². The number of nitrogen functional groups attached to an aromatic ring is 1. The molecule has 156 valence electrons. The lowest BCUT2D eigenvalue weighted by molar-refractivity contribution is 0.151. The summed E-state index contributed by atoms with van der Waals surface area (Å²) in [5.74, 6) is 0.450. The summed E-state index contributed by atoms with van der Waals surface area (Å²) in [4.78, 5) is 10.7. The summed E-state index contributed by atoms with van der Waals surface area (Å²) < 4.78 is 34.6. The van der Waals surface area contributed by atoms with E-state index in [-0.39, 0.29) is 23.0 Å². The summed E-state index contributed by atoms with van der Waals surface area (Å²) in [6.07, 6.45) is 2.85. The van der Waals surface area contributed by atoms with Crippen LogP contribution in [0.25, 0.3) is 22.6 Å². The van der Waals surface area contributed by atoms with Gasteiger partial charge in [-0.3, -0.25) is 9.88 Å². The van der Waals surface area contributed by atoms with Gasteiger partial charge < -0.3 is 15.4 Å². The number of aryl methyl sites for hydroxylation is 1. The average molecular weight is 422 g/mol. The van der Waals surface area contributed by atoms with E-state index in [9.17, 15) is 8.42 Å². The number of hydrogen-bond donors (Lipinski definition) is 2. The summed E-state index contributed by atoms with van der Waals surface area (Å²) in [5, 5.41) is 16.5. The largest absolute Gasteiger partial charge is 0.395 e. The quantitative estimate of drug-likeness (QED) is 0.525. The number of aliphatic hydroxyl groups excluding tert-OH is 1. The summed E-state index contributed by atoms with van der Waals surface area (Å²) in [6.45, 7) is 4.69. The van der Waals surface area contributed by atoms with Crippen LogP contribution in [0.5, 0.6) is 0 Å². The highest BCUT2D eigenvalue weighted by atomic mass is 32.2. The molecule has 3 aromatic rings. The van der Waals surface area contributed by atoms with Crippen molar-refractivity contribution in [1.29, 1.82) is 0 Å². The summed E-state index contributed by atoms with van der Waals surface area (Å²) >= 11 is 0. The second-order valence-electron chi connectivity index (χ2n) is 6.65. The molecule has 0 radical (unpaired) electrons. The van der Waals surface area contributed by atoms with Crippen LogP contribution in [0.3, 0.4) is 0 Å². The molecule has 12 nitrogen and oxygen atoms in total. The third-order valence-corrected chi connectivity index (χ3v) is 6.92. The minimum atomic E-state index is -3.80. The number of fused-ring (bicyclic) bond motifs is 1. The number of aromatic nitrogens is 5. The number of aliphatic hydroxyl groups is 1. The molecule has 0 spiro atoms. The summed E-state index contributed by atoms with van der Waals surface area (Å²) in [6, 6.07) is 0. The first-order chi connectivity index (χ1) is 14.0. The van der Waals surface area contributed by atoms with Crippen LogP contribution in [0.15, 0.2) is 21.9 Å². The predicted octanol–water partition coefficient (Wildman–Crippen LogP) is -0.618. The molecule has 3 N–H and O–H groups in total. The van der Waals surface area contributed by atoms with Crippen molar-refractivity contribution in [3.63, 3.8) is 0 Å². The topological polar surface area (TPSA) is 156 Å². The number of imidazole rings is 1. The van der Waals surface area contributed by atoms with Crippen LogP contribution in [-0.2, 0) is 16.6 Å². The molecule has 1 saturated heterocycles. The molecule has 1 aliphatic rings. The van der Waals surface area contributed by atoms with Gasteiger partial charge in [-0.1, -0.05) is 0 Å². The highest BCUT2D eigenvalue weighted by Crippen LogP contribution is 2.31. The van der Waals surface area contributed by atoms with Crippen LogP contribution in [0.2, 0.25) is 0 Å². The standard InChI is InChI=1S/C16H22N8O4S/c1-2-24-14-11(19-16(24)13-15(17)21-28-20-13)9-18-10-12(14)29(26,27)23-5-3-22(4-6-23)7-8-25/h9-10,25H,2-8H2,1H3,(H2,17,21). The Hall–Kier alpha value is -2.61. The fourth-order valence-electron chi connectivity index (χ4n) is 3.56. The van der Waals surface area contributed by atoms with E-state index in [1.165, 1.54) is 16.7 Å². The molecule has 3 aromatic heterocycles. The number of pyridine rings is 1. The molecule has 0 aliphatic carbocycles. The SMILES string of the molecule is CCn1c(-c2nonc2N)nc2cncc(S(=O)(=O)N3CCN(CCO)CC3)c21. The van der Waals surface area contributed by atoms with E-state index in [1.807, 2.05) is 11.8 Å². The molecule has 0 bridgehead atoms. The van der Waals surface area contributed by atoms with Crippen LogP contribution in [0, 0.1) is 0 Å². The van der Waals surface area contributed by atoms with E-state index in [0.717, 1.165) is 0 Å². The van der Waals surface area contributed by atoms with Crippen molar-refractivity contribution in [2.24, 2.45) is 0 Å². The van der Waals surface area contributed by atoms with Gasteiger partial charge in [-0.2, -0.15) is 4.31 Å². The number of rotatable bonds is 6. The number of nitrogens with zero attached hydrogens (tertiary/aromatic N) is 7. The first-order valence-electron chi connectivity index (χ1n) is 9.23. The van der Waals surface area contributed by atoms with Gasteiger partial charge in [-0.25, -0.2) is 18.0 Å². The molecule has 4 heterocycles. The van der Waals surface area contributed by atoms with Gasteiger partial charge in [-0.05, 0) is 17.2 Å². The third kappa shape index (κ3) is 3.35. The molecule has 13 heteroatoms. The minimum absolute atomic E-state index is 0.0501. The van der Waals surface area contributed by atoms with Gasteiger partial charge in [0.15, 0.2) is 17.3 Å². The second-order valence-corrected chi connectivity index (χ2v) is 8.56. The van der Waals surface area contributed by atoms with Crippen molar-refractivity contribution in [3.8, 4) is 11.5 Å². The molecule has 0 aromatic carbocycles. The number of nitrogens with two attached hydrogens (primary N) is 1. The zero-order valence-electron chi connectivity index (χ0n) is 15.9. The first kappa shape index (κ1) is 19.7. The van der Waals surface area contributed by atoms with Crippen LogP contribution in [0.4, 0.5) is 5.82 Å². The van der Waals surface area contributed by atoms with Crippen LogP contribution in [0.1, 0.15) is 6.92 Å². The molecule has 0 amide bonds. The molecule has 0 unspecified atom stereocenters. The molecular formula is C16H22N8O4S. The molecule has 4 rings (SSSR count). The average Bonchev–Trinajstić information content (AvgIpc) is 3.30. The van der Waals surface area contributed by atoms with Crippen molar-refractivity contribution in [2.45, 2.75) is 18.4 Å². The van der Waals surface area contributed by atoms with E-state index in [0.29, 0.717) is 56.1 Å². The highest BCUT2D eigenvalue weighted by Gasteiger charge is 2.32. The molecule has 0 saturated carbocycles. The fraction of sp³-hybridized carbons (Fsp3) is 0.500. The third-order valence-electron chi connectivity index (χ3n) is 5.02. The van der Waals surface area contributed by atoms with E-state index >= 15 is 0 Å². The maximum atomic E-state index is 13.4. The smallest absolute Gasteiger partial charge is 0.246 e. The van der Waals surface area contributed by atoms with Crippen molar-refractivity contribution in [2.75, 3.05) is 45.1 Å². The van der Waals surface area contributed by atoms with Gasteiger partial charge in [0, 0.05) is 45.5 Å². The van der Waals surface area contributed by atoms with Crippen LogP contribution >= 0.6 is 0 Å². The van der Waals surface area contributed by atoms with Crippen LogP contribution in [-0.4, -0.2) is 86.9 Å². The zero-order chi connectivity index (χ0) is 20.6. The maximum absolute atomic E-state index is 13.4. The van der Waals surface area contributed by atoms with Crippen molar-refractivity contribution in [3.05, 3.63) is 12.4 Å². The normalized spacial score (nSPS) is 16.6. The Labute approximate surface area is 166 Å². The minimum Gasteiger partial charge on any atom is -0.395 e. The lowest BCUT2D eigenvalue weighted by atomic mass is 10.4. The van der Waals surface area contributed by atoms with Gasteiger partial charge >= 0.3 is 0 Å². The van der Waals surface area contributed by atoms with Gasteiger partial charge in [-0.15, -0.1) is 0 Å². The van der Waals surface area contributed by atoms with E-state index < -0.39 is 10.0 Å². The Bertz CT molecular complexity index is 1120. The Morgan fingerprint density at radius 1 is 1.21 bits per heavy atom. The lowest BCUT2D eigenvalue weighted by Crippen LogP contribution is -2.49. The Morgan fingerprint density at radius 2 is 1.97 bits per heavy atom. The lowest BCUT2D eigenvalue weighted by Gasteiger charge is -2.33. The Morgan fingerprint density at radius 3 is 2.59 bits per heavy atom. The fourth-order valence-corrected chi connectivity index (χ4v) is 5.13. The number of sulfonamides is 1. The van der Waals surface area contributed by atoms with Crippen molar-refractivity contribution >= 4 is 26.9 Å². The first-order valence-corrected chi connectivity index (χ1v) is 10.7. The highest BCUT2D eigenvalue weighted by molar-refractivity contribution is 7.89. The maximum Gasteiger partial charge on any atom is 0.246 e. The number of piperazine rings is 1. The van der Waals surface area contributed by atoms with Crippen LogP contribution < -0.4 is 5.73 Å². The van der Waals surface area contributed by atoms with Crippen molar-refractivity contribution < 1.29 is 18.2 Å². The predicted molar refractivity (Wildman–Crippen MR) is 103 cm³/mol. The summed E-state index contributed by atoms with van der Waals surface area (Å²) in [7, 11) is -3.80. The van der Waals surface area contributed by atoms with Crippen molar-refractivity contribution in [1.82, 2.24) is 34.1 Å². The monoisotopic (exact) mass is 422 g/mol. The summed E-state index contributed by atoms with van der Waals surface area (Å²) in [5.41, 5.74) is 6.93. The number of hydrogen-bond acceptors (Lipinski definition) is 10. The zero-order valence-corrected chi connectivity index (χ0v) is 16.7. The number of anilines is 1. The van der Waals surface area contributed by atoms with Gasteiger partial charge in [0.25, 0.3) is 0 Å². The molecule has 1 fully saturated rings.